The largest absolute Gasteiger partial charge is 0.480 e. The number of carboxylic acids is 1. The number of benzene rings is 3. The summed E-state index contributed by atoms with van der Waals surface area (Å²) < 4.78 is 32.2. The Kier molecular flexibility index (Phi) is 10.5. The van der Waals surface area contributed by atoms with Crippen LogP contribution in [0, 0.1) is 11.7 Å². The summed E-state index contributed by atoms with van der Waals surface area (Å²) in [5.41, 5.74) is 0.979. The molecule has 228 valence electrons. The summed E-state index contributed by atoms with van der Waals surface area (Å²) in [5.74, 6) is -2.25. The first-order chi connectivity index (χ1) is 20.4. The van der Waals surface area contributed by atoms with E-state index in [4.69, 9.17) is 25.8 Å². The van der Waals surface area contributed by atoms with Gasteiger partial charge in [0.05, 0.1) is 24.0 Å². The van der Waals surface area contributed by atoms with Crippen LogP contribution >= 0.6 is 23.5 Å². The second-order valence-corrected chi connectivity index (χ2v) is 12.0. The van der Waals surface area contributed by atoms with Crippen LogP contribution in [0.3, 0.4) is 0 Å². The maximum absolute atomic E-state index is 13.7. The maximum atomic E-state index is 13.7. The van der Waals surface area contributed by atoms with Gasteiger partial charge in [0.25, 0.3) is 0 Å². The molecule has 0 aromatic heterocycles. The van der Waals surface area contributed by atoms with Crippen molar-refractivity contribution in [2.45, 2.75) is 50.0 Å². The normalized spacial score (nSPS) is 15.6. The molecule has 0 spiro atoms. The zero-order chi connectivity index (χ0) is 31.1. The topological polar surface area (TPSA) is 114 Å². The van der Waals surface area contributed by atoms with Gasteiger partial charge in [-0.3, -0.25) is 4.79 Å². The predicted octanol–water partition coefficient (Wildman–Crippen LogP) is 6.04. The lowest BCUT2D eigenvalue weighted by atomic mass is 9.87. The van der Waals surface area contributed by atoms with E-state index in [9.17, 15) is 23.9 Å². The number of ether oxygens (including phenoxy) is 3. The lowest BCUT2D eigenvalue weighted by molar-refractivity contribution is -0.169. The van der Waals surface area contributed by atoms with Crippen molar-refractivity contribution >= 4 is 41.6 Å². The molecule has 3 aromatic carbocycles. The Balaban J connectivity index is 1.38. The van der Waals surface area contributed by atoms with Crippen molar-refractivity contribution in [2.75, 3.05) is 13.1 Å². The van der Waals surface area contributed by atoms with Crippen LogP contribution in [0.1, 0.15) is 31.9 Å². The SMILES string of the molecule is CC(OC(=O)NC(Cc1cccc(SN2CC(Oc3ccc(F)c(Cl)c3)(c3ccccc3)C2)c1)C(=O)O)OC(=O)C(C)C. The van der Waals surface area contributed by atoms with Gasteiger partial charge in [0, 0.05) is 24.3 Å². The number of halogens is 2. The van der Waals surface area contributed by atoms with E-state index in [1.165, 1.54) is 31.0 Å². The molecule has 2 atom stereocenters. The standard InChI is InChI=1S/C31H32ClFN2O7S/c1-19(2)29(38)40-20(3)41-30(39)34-27(28(36)37)15-21-8-7-11-24(14-21)43-35-17-31(18-35,22-9-5-4-6-10-22)42-23-12-13-26(33)25(32)16-23/h4-14,16,19-20,27H,15,17-18H2,1-3H3,(H,34,39)(H,36,37). The van der Waals surface area contributed by atoms with E-state index in [0.717, 1.165) is 10.5 Å². The van der Waals surface area contributed by atoms with Gasteiger partial charge in [-0.25, -0.2) is 18.3 Å². The quantitative estimate of drug-likeness (QED) is 0.140. The Morgan fingerprint density at radius 3 is 2.40 bits per heavy atom. The Labute approximate surface area is 258 Å². The summed E-state index contributed by atoms with van der Waals surface area (Å²) in [6.07, 6.45) is -2.18. The highest BCUT2D eigenvalue weighted by Gasteiger charge is 2.47. The van der Waals surface area contributed by atoms with Gasteiger partial charge in [0.1, 0.15) is 17.6 Å². The first-order valence-corrected chi connectivity index (χ1v) is 14.7. The molecule has 1 aliphatic rings. The fourth-order valence-electron chi connectivity index (χ4n) is 4.37. The number of carboxylic acid groups (broad SMARTS) is 1. The zero-order valence-electron chi connectivity index (χ0n) is 23.8. The van der Waals surface area contributed by atoms with Crippen LogP contribution in [0.15, 0.2) is 77.7 Å². The van der Waals surface area contributed by atoms with Crippen LogP contribution in [0.4, 0.5) is 9.18 Å². The van der Waals surface area contributed by atoms with Crippen LogP contribution in [-0.4, -0.2) is 52.9 Å². The minimum absolute atomic E-state index is 0.00138. The molecule has 2 unspecified atom stereocenters. The molecule has 2 N–H and O–H groups in total. The molecule has 3 aromatic rings. The minimum atomic E-state index is -1.27. The van der Waals surface area contributed by atoms with Crippen LogP contribution < -0.4 is 10.1 Å². The number of aliphatic carboxylic acids is 1. The number of nitrogens with one attached hydrogen (secondary N) is 1. The molecule has 1 saturated heterocycles. The smallest absolute Gasteiger partial charge is 0.410 e. The molecule has 12 heteroatoms. The van der Waals surface area contributed by atoms with Gasteiger partial charge in [-0.15, -0.1) is 0 Å². The van der Waals surface area contributed by atoms with Crippen molar-refractivity contribution < 1.29 is 38.1 Å². The van der Waals surface area contributed by atoms with Gasteiger partial charge < -0.3 is 24.6 Å². The number of amides is 1. The van der Waals surface area contributed by atoms with Gasteiger partial charge in [-0.2, -0.15) is 0 Å². The number of carbonyl (C=O) groups excluding carboxylic acids is 2. The van der Waals surface area contributed by atoms with E-state index in [1.807, 2.05) is 48.5 Å². The van der Waals surface area contributed by atoms with Crippen LogP contribution in [0.5, 0.6) is 5.75 Å². The Bertz CT molecular complexity index is 1450. The maximum Gasteiger partial charge on any atom is 0.410 e. The van der Waals surface area contributed by atoms with E-state index < -0.39 is 47.7 Å². The first-order valence-electron chi connectivity index (χ1n) is 13.6. The number of alkyl carbamates (subject to hydrolysis) is 1. The summed E-state index contributed by atoms with van der Waals surface area (Å²) in [5, 5.41) is 12.0. The monoisotopic (exact) mass is 630 g/mol. The summed E-state index contributed by atoms with van der Waals surface area (Å²) in [6, 6.07) is 20.1. The number of esters is 1. The Morgan fingerprint density at radius 1 is 1.02 bits per heavy atom. The van der Waals surface area contributed by atoms with Gasteiger partial charge in [0.15, 0.2) is 5.60 Å². The summed E-state index contributed by atoms with van der Waals surface area (Å²) in [7, 11) is 0. The average molecular weight is 631 g/mol. The molecule has 1 amide bonds. The van der Waals surface area contributed by atoms with Crippen molar-refractivity contribution in [3.8, 4) is 5.75 Å². The molecule has 0 aliphatic carbocycles. The summed E-state index contributed by atoms with van der Waals surface area (Å²) in [6.45, 7) is 5.69. The van der Waals surface area contributed by atoms with Crippen LogP contribution in [0.25, 0.3) is 0 Å². The lowest BCUT2D eigenvalue weighted by Gasteiger charge is -2.49. The van der Waals surface area contributed by atoms with Crippen molar-refractivity contribution in [3.05, 3.63) is 94.8 Å². The van der Waals surface area contributed by atoms with E-state index in [-0.39, 0.29) is 11.4 Å². The number of carbonyl (C=O) groups is 3. The molecule has 9 nitrogen and oxygen atoms in total. The van der Waals surface area contributed by atoms with Crippen LogP contribution in [0.2, 0.25) is 5.02 Å². The molecule has 1 fully saturated rings. The number of hydrogen-bond acceptors (Lipinski definition) is 8. The number of nitrogens with zero attached hydrogens (tertiary/aromatic N) is 1. The average Bonchev–Trinajstić information content (AvgIpc) is 2.93. The number of rotatable bonds is 12. The molecule has 4 rings (SSSR count). The third kappa shape index (κ3) is 8.62. The first kappa shape index (κ1) is 32.1. The molecule has 43 heavy (non-hydrogen) atoms. The van der Waals surface area contributed by atoms with E-state index in [0.29, 0.717) is 24.4 Å². The molecule has 0 bridgehead atoms. The second-order valence-electron chi connectivity index (χ2n) is 10.4. The van der Waals surface area contributed by atoms with Crippen molar-refractivity contribution in [1.82, 2.24) is 9.62 Å². The van der Waals surface area contributed by atoms with Gasteiger partial charge in [0.2, 0.25) is 6.29 Å². The highest BCUT2D eigenvalue weighted by Crippen LogP contribution is 2.42. The van der Waals surface area contributed by atoms with E-state index >= 15 is 0 Å². The molecular formula is C31H32ClFN2O7S. The summed E-state index contributed by atoms with van der Waals surface area (Å²) >= 11 is 7.46. The van der Waals surface area contributed by atoms with Gasteiger partial charge in [-0.1, -0.05) is 67.9 Å². The lowest BCUT2D eigenvalue weighted by Crippen LogP contribution is -2.59. The van der Waals surface area contributed by atoms with Gasteiger partial charge in [-0.05, 0) is 47.3 Å². The number of hydrogen-bond donors (Lipinski definition) is 2. The molecule has 0 saturated carbocycles. The summed E-state index contributed by atoms with van der Waals surface area (Å²) in [4.78, 5) is 36.7. The fraction of sp³-hybridized carbons (Fsp3) is 0.323. The Hall–Kier alpha value is -3.80. The van der Waals surface area contributed by atoms with Crippen molar-refractivity contribution in [2.24, 2.45) is 5.92 Å². The second kappa shape index (κ2) is 14.1. The molecular weight excluding hydrogens is 599 g/mol. The third-order valence-corrected chi connectivity index (χ3v) is 7.83. The zero-order valence-corrected chi connectivity index (χ0v) is 25.4. The Morgan fingerprint density at radius 2 is 1.74 bits per heavy atom. The van der Waals surface area contributed by atoms with Crippen molar-refractivity contribution in [1.29, 1.82) is 0 Å². The molecule has 0 radical (unpaired) electrons. The van der Waals surface area contributed by atoms with E-state index in [2.05, 4.69) is 9.62 Å². The highest BCUT2D eigenvalue weighted by atomic mass is 35.5. The fourth-order valence-corrected chi connectivity index (χ4v) is 5.73. The van der Waals surface area contributed by atoms with Crippen LogP contribution in [-0.2, 0) is 31.1 Å². The minimum Gasteiger partial charge on any atom is -0.480 e. The third-order valence-electron chi connectivity index (χ3n) is 6.56. The van der Waals surface area contributed by atoms with Crippen molar-refractivity contribution in [3.63, 3.8) is 0 Å². The van der Waals surface area contributed by atoms with E-state index in [1.54, 1.807) is 26.0 Å². The van der Waals surface area contributed by atoms with Gasteiger partial charge >= 0.3 is 18.0 Å². The molecule has 1 heterocycles. The predicted molar refractivity (Wildman–Crippen MR) is 159 cm³/mol. The molecule has 1 aliphatic heterocycles. The highest BCUT2D eigenvalue weighted by molar-refractivity contribution is 7.97.